The van der Waals surface area contributed by atoms with E-state index >= 15 is 0 Å². The number of likely N-dealkylation sites (tertiary alicyclic amines) is 1. The summed E-state index contributed by atoms with van der Waals surface area (Å²) in [7, 11) is 0. The highest BCUT2D eigenvalue weighted by Gasteiger charge is 2.28. The van der Waals surface area contributed by atoms with Gasteiger partial charge in [-0.2, -0.15) is 0 Å². The van der Waals surface area contributed by atoms with Crippen molar-refractivity contribution in [3.8, 4) is 5.75 Å². The summed E-state index contributed by atoms with van der Waals surface area (Å²) in [5.74, 6) is 1.01. The molecule has 0 aliphatic carbocycles. The summed E-state index contributed by atoms with van der Waals surface area (Å²) >= 11 is 0. The van der Waals surface area contributed by atoms with Gasteiger partial charge in [0, 0.05) is 19.0 Å². The molecule has 5 heteroatoms. The second-order valence-electron chi connectivity index (χ2n) is 7.59. The van der Waals surface area contributed by atoms with Crippen molar-refractivity contribution in [1.82, 2.24) is 10.2 Å². The molecule has 0 radical (unpaired) electrons. The van der Waals surface area contributed by atoms with Crippen molar-refractivity contribution in [2.24, 2.45) is 5.92 Å². The number of hydrogen-bond acceptors (Lipinski definition) is 3. The molecule has 2 atom stereocenters. The summed E-state index contributed by atoms with van der Waals surface area (Å²) in [6.07, 6.45) is 0.502. The van der Waals surface area contributed by atoms with Crippen molar-refractivity contribution in [2.45, 2.75) is 45.6 Å². The highest BCUT2D eigenvalue weighted by atomic mass is 16.5. The number of nitrogens with one attached hydrogen (secondary N) is 1. The molecule has 1 aromatic carbocycles. The highest BCUT2D eigenvalue weighted by Crippen LogP contribution is 2.25. The first-order valence-electron chi connectivity index (χ1n) is 8.71. The van der Waals surface area contributed by atoms with Crippen molar-refractivity contribution < 1.29 is 14.6 Å². The van der Waals surface area contributed by atoms with Crippen LogP contribution >= 0.6 is 0 Å². The van der Waals surface area contributed by atoms with E-state index in [0.29, 0.717) is 26.2 Å². The minimum Gasteiger partial charge on any atom is -0.492 e. The number of hydrogen-bond donors (Lipinski definition) is 2. The number of benzene rings is 1. The Bertz CT molecular complexity index is 552. The van der Waals surface area contributed by atoms with Crippen molar-refractivity contribution in [1.29, 1.82) is 0 Å². The molecule has 0 spiro atoms. The third-order valence-corrected chi connectivity index (χ3v) is 4.54. The summed E-state index contributed by atoms with van der Waals surface area (Å²) in [4.78, 5) is 13.8. The van der Waals surface area contributed by atoms with Crippen LogP contribution in [-0.4, -0.2) is 48.4 Å². The summed E-state index contributed by atoms with van der Waals surface area (Å²) in [5.41, 5.74) is 1.31. The van der Waals surface area contributed by atoms with E-state index in [0.717, 1.165) is 12.2 Å². The third-order valence-electron chi connectivity index (χ3n) is 4.54. The maximum absolute atomic E-state index is 12.1. The SMILES string of the molecule is C[C@H](O)[C@H]1CCN(C(=O)NCCOc2cccc(C(C)(C)C)c2)C1. The Morgan fingerprint density at radius 2 is 2.21 bits per heavy atom. The average molecular weight is 334 g/mol. The summed E-state index contributed by atoms with van der Waals surface area (Å²) in [6, 6.07) is 8.00. The number of rotatable bonds is 5. The monoisotopic (exact) mass is 334 g/mol. The number of nitrogens with zero attached hydrogens (tertiary/aromatic N) is 1. The highest BCUT2D eigenvalue weighted by molar-refractivity contribution is 5.74. The standard InChI is InChI=1S/C19H30N2O3/c1-14(22)15-8-10-21(13-15)18(23)20-9-11-24-17-7-5-6-16(12-17)19(2,3)4/h5-7,12,14-15,22H,8-11,13H2,1-4H3,(H,20,23)/t14-,15-/m0/s1. The molecular weight excluding hydrogens is 304 g/mol. The Balaban J connectivity index is 1.73. The lowest BCUT2D eigenvalue weighted by atomic mass is 9.87. The van der Waals surface area contributed by atoms with Crippen LogP contribution in [-0.2, 0) is 5.41 Å². The zero-order valence-electron chi connectivity index (χ0n) is 15.2. The van der Waals surface area contributed by atoms with Crippen LogP contribution in [0.4, 0.5) is 4.79 Å². The van der Waals surface area contributed by atoms with Gasteiger partial charge in [0.05, 0.1) is 12.6 Å². The molecule has 5 nitrogen and oxygen atoms in total. The average Bonchev–Trinajstić information content (AvgIpc) is 3.01. The van der Waals surface area contributed by atoms with E-state index in [1.165, 1.54) is 5.56 Å². The first-order chi connectivity index (χ1) is 11.3. The van der Waals surface area contributed by atoms with Crippen LogP contribution in [0.2, 0.25) is 0 Å². The number of aliphatic hydroxyl groups is 1. The van der Waals surface area contributed by atoms with Gasteiger partial charge in [-0.3, -0.25) is 0 Å². The fraction of sp³-hybridized carbons (Fsp3) is 0.632. The molecule has 24 heavy (non-hydrogen) atoms. The van der Waals surface area contributed by atoms with Crippen molar-refractivity contribution in [3.05, 3.63) is 29.8 Å². The van der Waals surface area contributed by atoms with Crippen LogP contribution in [0.15, 0.2) is 24.3 Å². The number of carbonyl (C=O) groups excluding carboxylic acids is 1. The van der Waals surface area contributed by atoms with Gasteiger partial charge in [0.1, 0.15) is 12.4 Å². The molecule has 0 bridgehead atoms. The van der Waals surface area contributed by atoms with E-state index in [1.54, 1.807) is 11.8 Å². The lowest BCUT2D eigenvalue weighted by Crippen LogP contribution is -2.40. The molecule has 0 aromatic heterocycles. The summed E-state index contributed by atoms with van der Waals surface area (Å²) in [6.45, 7) is 10.5. The number of urea groups is 1. The van der Waals surface area contributed by atoms with Gasteiger partial charge in [0.15, 0.2) is 0 Å². The lowest BCUT2D eigenvalue weighted by Gasteiger charge is -2.20. The normalized spacial score (nSPS) is 19.2. The molecule has 2 amide bonds. The first kappa shape index (κ1) is 18.6. The van der Waals surface area contributed by atoms with Crippen LogP contribution in [0.1, 0.15) is 39.7 Å². The lowest BCUT2D eigenvalue weighted by molar-refractivity contribution is 0.129. The number of carbonyl (C=O) groups is 1. The molecule has 1 aromatic rings. The summed E-state index contributed by atoms with van der Waals surface area (Å²) < 4.78 is 5.74. The maximum atomic E-state index is 12.1. The van der Waals surface area contributed by atoms with Gasteiger partial charge in [-0.15, -0.1) is 0 Å². The Kier molecular flexibility index (Phi) is 6.10. The van der Waals surface area contributed by atoms with Crippen molar-refractivity contribution >= 4 is 6.03 Å². The van der Waals surface area contributed by atoms with Crippen LogP contribution < -0.4 is 10.1 Å². The molecule has 1 aliphatic rings. The van der Waals surface area contributed by atoms with E-state index in [4.69, 9.17) is 4.74 Å². The smallest absolute Gasteiger partial charge is 0.317 e. The maximum Gasteiger partial charge on any atom is 0.317 e. The first-order valence-corrected chi connectivity index (χ1v) is 8.71. The Morgan fingerprint density at radius 3 is 2.83 bits per heavy atom. The van der Waals surface area contributed by atoms with E-state index in [-0.39, 0.29) is 23.5 Å². The van der Waals surface area contributed by atoms with Crippen LogP contribution in [0.25, 0.3) is 0 Å². The Hall–Kier alpha value is -1.75. The van der Waals surface area contributed by atoms with Gasteiger partial charge < -0.3 is 20.1 Å². The topological polar surface area (TPSA) is 61.8 Å². The predicted octanol–water partition coefficient (Wildman–Crippen LogP) is 2.78. The van der Waals surface area contributed by atoms with Gasteiger partial charge in [-0.1, -0.05) is 32.9 Å². The fourth-order valence-electron chi connectivity index (χ4n) is 2.86. The van der Waals surface area contributed by atoms with Gasteiger partial charge in [-0.05, 0) is 36.5 Å². The zero-order valence-corrected chi connectivity index (χ0v) is 15.2. The van der Waals surface area contributed by atoms with E-state index < -0.39 is 0 Å². The van der Waals surface area contributed by atoms with E-state index in [1.807, 2.05) is 12.1 Å². The van der Waals surface area contributed by atoms with Gasteiger partial charge in [0.25, 0.3) is 0 Å². The number of aliphatic hydroxyl groups excluding tert-OH is 1. The largest absolute Gasteiger partial charge is 0.492 e. The van der Waals surface area contributed by atoms with Crippen molar-refractivity contribution in [3.63, 3.8) is 0 Å². The quantitative estimate of drug-likeness (QED) is 0.814. The van der Waals surface area contributed by atoms with Gasteiger partial charge in [0.2, 0.25) is 0 Å². The Labute approximate surface area is 145 Å². The van der Waals surface area contributed by atoms with E-state index in [9.17, 15) is 9.90 Å². The molecule has 1 aliphatic heterocycles. The number of amides is 2. The van der Waals surface area contributed by atoms with Gasteiger partial charge >= 0.3 is 6.03 Å². The van der Waals surface area contributed by atoms with Crippen LogP contribution in [0, 0.1) is 5.92 Å². The second kappa shape index (κ2) is 7.88. The number of ether oxygens (including phenoxy) is 1. The molecule has 134 valence electrons. The molecular formula is C19H30N2O3. The molecule has 2 rings (SSSR count). The minimum atomic E-state index is -0.360. The second-order valence-corrected chi connectivity index (χ2v) is 7.59. The van der Waals surface area contributed by atoms with Crippen molar-refractivity contribution in [2.75, 3.05) is 26.2 Å². The van der Waals surface area contributed by atoms with Gasteiger partial charge in [-0.25, -0.2) is 4.79 Å². The predicted molar refractivity (Wildman–Crippen MR) is 95.4 cm³/mol. The molecule has 1 fully saturated rings. The molecule has 0 saturated carbocycles. The third kappa shape index (κ3) is 5.13. The summed E-state index contributed by atoms with van der Waals surface area (Å²) in [5, 5.41) is 12.5. The molecule has 0 unspecified atom stereocenters. The van der Waals surface area contributed by atoms with Crippen LogP contribution in [0.3, 0.4) is 0 Å². The molecule has 1 heterocycles. The van der Waals surface area contributed by atoms with Crippen LogP contribution in [0.5, 0.6) is 5.75 Å². The minimum absolute atomic E-state index is 0.0785. The molecule has 2 N–H and O–H groups in total. The van der Waals surface area contributed by atoms with E-state index in [2.05, 4.69) is 38.2 Å². The zero-order chi connectivity index (χ0) is 17.7. The Morgan fingerprint density at radius 1 is 1.46 bits per heavy atom. The fourth-order valence-corrected chi connectivity index (χ4v) is 2.86. The molecule has 1 saturated heterocycles.